The van der Waals surface area contributed by atoms with Crippen LogP contribution in [0, 0.1) is 28.4 Å². The molecule has 3 aromatic carbocycles. The standard InChI is InChI=1S/C40H41F2N7O6S/c1-25(36-45-34(21-56-36)28-13-11-27(18-43)12-14-28)40(53,31-17-30(41)15-16-32(31)42)22-48-23-44-49(24-48)26(2)55-38(52)46-33-10-8-7-9-29(33)20-54-35(50)19-47(6)37(51)39(3,4)5/h7-17,21,23-26,53H,19-20,22H2,1-6H3/p+1/t25-,26?,40+/m0/s1. The average Bonchev–Trinajstić information content (AvgIpc) is 3.85. The van der Waals surface area contributed by atoms with Crippen molar-refractivity contribution in [3.8, 4) is 17.3 Å². The van der Waals surface area contributed by atoms with Crippen LogP contribution >= 0.6 is 11.3 Å². The van der Waals surface area contributed by atoms with Gasteiger partial charge in [0.25, 0.3) is 12.6 Å². The molecule has 0 bridgehead atoms. The van der Waals surface area contributed by atoms with E-state index in [2.05, 4.69) is 16.5 Å². The molecule has 2 aromatic heterocycles. The van der Waals surface area contributed by atoms with Crippen molar-refractivity contribution >= 4 is 35.0 Å². The number of amides is 2. The normalized spacial score (nSPS) is 13.5. The summed E-state index contributed by atoms with van der Waals surface area (Å²) in [7, 11) is 1.52. The van der Waals surface area contributed by atoms with E-state index in [9.17, 15) is 23.9 Å². The fourth-order valence-electron chi connectivity index (χ4n) is 5.87. The summed E-state index contributed by atoms with van der Waals surface area (Å²) in [6.07, 6.45) is 0.989. The molecular formula is C40H42F2N7O6S+. The number of hydrogen-bond donors (Lipinski definition) is 2. The minimum absolute atomic E-state index is 0.174. The summed E-state index contributed by atoms with van der Waals surface area (Å²) in [5, 5.41) is 30.6. The highest BCUT2D eigenvalue weighted by atomic mass is 32.1. The van der Waals surface area contributed by atoms with Gasteiger partial charge in [-0.1, -0.05) is 62.7 Å². The monoisotopic (exact) mass is 786 g/mol. The second kappa shape index (κ2) is 17.2. The van der Waals surface area contributed by atoms with E-state index >= 15 is 4.39 Å². The maximum absolute atomic E-state index is 15.4. The molecule has 56 heavy (non-hydrogen) atoms. The molecule has 0 radical (unpaired) electrons. The molecule has 16 heteroatoms. The number of aromatic nitrogens is 4. The van der Waals surface area contributed by atoms with Gasteiger partial charge in [-0.05, 0) is 36.4 Å². The molecule has 0 spiro atoms. The Morgan fingerprint density at radius 2 is 1.80 bits per heavy atom. The predicted octanol–water partition coefficient (Wildman–Crippen LogP) is 6.45. The van der Waals surface area contributed by atoms with Crippen molar-refractivity contribution in [2.75, 3.05) is 18.9 Å². The Bertz CT molecular complexity index is 2250. The van der Waals surface area contributed by atoms with E-state index in [0.29, 0.717) is 27.5 Å². The van der Waals surface area contributed by atoms with E-state index in [1.54, 1.807) is 88.5 Å². The van der Waals surface area contributed by atoms with Crippen molar-refractivity contribution in [2.45, 2.75) is 65.5 Å². The third-order valence-corrected chi connectivity index (χ3v) is 10.0. The van der Waals surface area contributed by atoms with Gasteiger partial charge in [-0.3, -0.25) is 14.9 Å². The van der Waals surface area contributed by atoms with Crippen molar-refractivity contribution < 1.29 is 42.3 Å². The zero-order chi connectivity index (χ0) is 40.8. The van der Waals surface area contributed by atoms with Crippen molar-refractivity contribution in [3.05, 3.63) is 118 Å². The number of likely N-dealkylation sites (N-methyl/N-ethyl adjacent to an activating group) is 1. The second-order valence-electron chi connectivity index (χ2n) is 14.3. The number of para-hydroxylation sites is 1. The molecule has 0 aliphatic heterocycles. The van der Waals surface area contributed by atoms with Crippen LogP contribution in [0.5, 0.6) is 0 Å². The SMILES string of the molecule is CC(OC(=O)Nc1ccccc1COC(=O)CN(C)C(=O)C(C)(C)C)n1c[n+](C[C@](O)(c2cc(F)ccc2F)[C@@H](C)c2nc(-c3ccc(C#N)cc3)cs2)cn1. The van der Waals surface area contributed by atoms with Gasteiger partial charge in [0.1, 0.15) is 36.9 Å². The van der Waals surface area contributed by atoms with Crippen LogP contribution in [0.1, 0.15) is 68.5 Å². The Morgan fingerprint density at radius 1 is 1.09 bits per heavy atom. The van der Waals surface area contributed by atoms with Gasteiger partial charge < -0.3 is 19.5 Å². The number of thiazole rings is 1. The maximum Gasteiger partial charge on any atom is 0.414 e. The molecule has 5 aromatic rings. The second-order valence-corrected chi connectivity index (χ2v) is 15.2. The van der Waals surface area contributed by atoms with Crippen LogP contribution in [0.2, 0.25) is 0 Å². The van der Waals surface area contributed by atoms with Gasteiger partial charge in [0.05, 0.1) is 28.0 Å². The van der Waals surface area contributed by atoms with Crippen LogP contribution in [0.4, 0.5) is 19.3 Å². The Labute approximate surface area is 326 Å². The van der Waals surface area contributed by atoms with Gasteiger partial charge in [-0.15, -0.1) is 11.3 Å². The molecule has 2 amide bonds. The first kappa shape index (κ1) is 41.1. The largest absolute Gasteiger partial charge is 0.459 e. The first-order valence-electron chi connectivity index (χ1n) is 17.5. The average molecular weight is 787 g/mol. The molecule has 5 rings (SSSR count). The van der Waals surface area contributed by atoms with Gasteiger partial charge in [0.15, 0.2) is 0 Å². The molecule has 0 saturated carbocycles. The summed E-state index contributed by atoms with van der Waals surface area (Å²) >= 11 is 1.25. The lowest BCUT2D eigenvalue weighted by molar-refractivity contribution is -0.713. The summed E-state index contributed by atoms with van der Waals surface area (Å²) in [5.41, 5.74) is -0.338. The zero-order valence-corrected chi connectivity index (χ0v) is 32.5. The number of carbonyl (C=O) groups is 3. The number of ether oxygens (including phenoxy) is 2. The quantitative estimate of drug-likeness (QED) is 0.101. The number of esters is 1. The minimum Gasteiger partial charge on any atom is -0.459 e. The number of benzene rings is 3. The van der Waals surface area contributed by atoms with Gasteiger partial charge >= 0.3 is 12.1 Å². The summed E-state index contributed by atoms with van der Waals surface area (Å²) in [4.78, 5) is 43.9. The summed E-state index contributed by atoms with van der Waals surface area (Å²) < 4.78 is 43.6. The highest BCUT2D eigenvalue weighted by Crippen LogP contribution is 2.41. The number of nitrogens with zero attached hydrogens (tertiary/aromatic N) is 6. The van der Waals surface area contributed by atoms with Gasteiger partial charge in [0, 0.05) is 52.5 Å². The number of anilines is 1. The maximum atomic E-state index is 15.4. The first-order valence-corrected chi connectivity index (χ1v) is 18.4. The van der Waals surface area contributed by atoms with E-state index in [4.69, 9.17) is 19.7 Å². The summed E-state index contributed by atoms with van der Waals surface area (Å²) in [5.74, 6) is -3.24. The van der Waals surface area contributed by atoms with Crippen molar-refractivity contribution in [1.29, 1.82) is 5.26 Å². The molecule has 0 saturated heterocycles. The number of nitriles is 1. The molecule has 0 fully saturated rings. The molecule has 2 N–H and O–H groups in total. The topological polar surface area (TPSA) is 164 Å². The molecule has 3 atom stereocenters. The van der Waals surface area contributed by atoms with Crippen molar-refractivity contribution in [2.24, 2.45) is 5.41 Å². The summed E-state index contributed by atoms with van der Waals surface area (Å²) in [6.45, 7) is 7.78. The van der Waals surface area contributed by atoms with E-state index in [1.807, 2.05) is 0 Å². The van der Waals surface area contributed by atoms with Crippen LogP contribution in [-0.4, -0.2) is 56.3 Å². The lowest BCUT2D eigenvalue weighted by atomic mass is 9.82. The Hall–Kier alpha value is -6.05. The smallest absolute Gasteiger partial charge is 0.414 e. The Balaban J connectivity index is 1.27. The highest BCUT2D eigenvalue weighted by Gasteiger charge is 2.43. The summed E-state index contributed by atoms with van der Waals surface area (Å²) in [6, 6.07) is 18.4. The molecule has 292 valence electrons. The molecular weight excluding hydrogens is 745 g/mol. The molecule has 0 aliphatic carbocycles. The van der Waals surface area contributed by atoms with E-state index in [1.165, 1.54) is 45.2 Å². The van der Waals surface area contributed by atoms with Crippen LogP contribution in [0.25, 0.3) is 11.3 Å². The van der Waals surface area contributed by atoms with Crippen molar-refractivity contribution in [1.82, 2.24) is 19.7 Å². The number of nitrogens with one attached hydrogen (secondary N) is 1. The minimum atomic E-state index is -2.03. The van der Waals surface area contributed by atoms with Crippen LogP contribution in [0.15, 0.2) is 84.8 Å². The first-order chi connectivity index (χ1) is 26.5. The van der Waals surface area contributed by atoms with E-state index in [0.717, 1.165) is 23.8 Å². The number of rotatable bonds is 13. The number of carbonyl (C=O) groups excluding carboxylic acids is 3. The zero-order valence-electron chi connectivity index (χ0n) is 31.7. The van der Waals surface area contributed by atoms with Gasteiger partial charge in [-0.2, -0.15) is 5.26 Å². The fourth-order valence-corrected chi connectivity index (χ4v) is 6.84. The molecule has 1 unspecified atom stereocenters. The Kier molecular flexibility index (Phi) is 12.6. The molecule has 2 heterocycles. The third-order valence-electron chi connectivity index (χ3n) is 8.98. The van der Waals surface area contributed by atoms with Crippen LogP contribution in [0.3, 0.4) is 0 Å². The number of halogens is 2. The molecule has 13 nitrogen and oxygen atoms in total. The number of aliphatic hydroxyl groups is 1. The fraction of sp³-hybridized carbons (Fsp3) is 0.325. The Morgan fingerprint density at radius 3 is 2.50 bits per heavy atom. The van der Waals surface area contributed by atoms with Crippen LogP contribution < -0.4 is 9.88 Å². The van der Waals surface area contributed by atoms with E-state index < -0.39 is 46.9 Å². The highest BCUT2D eigenvalue weighted by molar-refractivity contribution is 7.10. The predicted molar refractivity (Wildman–Crippen MR) is 202 cm³/mol. The third kappa shape index (κ3) is 9.78. The van der Waals surface area contributed by atoms with E-state index in [-0.39, 0.29) is 31.2 Å². The molecule has 0 aliphatic rings. The lowest BCUT2D eigenvalue weighted by Gasteiger charge is -2.32. The van der Waals surface area contributed by atoms with Gasteiger partial charge in [-0.25, -0.2) is 23.1 Å². The van der Waals surface area contributed by atoms with Crippen LogP contribution in [-0.2, 0) is 37.8 Å². The number of hydrogen-bond acceptors (Lipinski definition) is 10. The van der Waals surface area contributed by atoms with Gasteiger partial charge in [0.2, 0.25) is 12.2 Å². The van der Waals surface area contributed by atoms with Crippen molar-refractivity contribution in [3.63, 3.8) is 0 Å². The lowest BCUT2D eigenvalue weighted by Crippen LogP contribution is -2.48.